The van der Waals surface area contributed by atoms with E-state index in [0.29, 0.717) is 33.9 Å². The summed E-state index contributed by atoms with van der Waals surface area (Å²) < 4.78 is 21.2. The number of hydrogen-bond acceptors (Lipinski definition) is 8. The number of Topliss-reactive ketones (excluding diaryl/α,β-unsaturated/α-hetero) is 1. The van der Waals surface area contributed by atoms with Crippen molar-refractivity contribution in [2.75, 3.05) is 20.0 Å². The van der Waals surface area contributed by atoms with Crippen molar-refractivity contribution < 1.29 is 23.1 Å². The molecule has 0 aliphatic heterocycles. The highest BCUT2D eigenvalue weighted by atomic mass is 32.2. The van der Waals surface area contributed by atoms with Gasteiger partial charge in [-0.05, 0) is 31.2 Å². The minimum absolute atomic E-state index is 0.125. The standard InChI is InChI=1S/C17H16N2O5S/c1-10-12(6-7-23-10)16-18-19-17(24-16)25-9-14(20)13-8-11(21-2)4-5-15(13)22-3/h4-8H,9H2,1-3H3. The van der Waals surface area contributed by atoms with E-state index in [1.165, 1.54) is 7.11 Å². The molecule has 3 rings (SSSR count). The molecule has 2 aromatic heterocycles. The molecule has 0 saturated heterocycles. The zero-order valence-electron chi connectivity index (χ0n) is 13.9. The van der Waals surface area contributed by atoms with E-state index >= 15 is 0 Å². The lowest BCUT2D eigenvalue weighted by atomic mass is 10.1. The van der Waals surface area contributed by atoms with Gasteiger partial charge in [-0.25, -0.2) is 0 Å². The second kappa shape index (κ2) is 7.43. The maximum atomic E-state index is 12.5. The SMILES string of the molecule is COc1ccc(OC)c(C(=O)CSc2nnc(-c3ccoc3C)o2)c1. The van der Waals surface area contributed by atoms with E-state index in [1.807, 2.05) is 6.92 Å². The number of nitrogens with zero attached hydrogens (tertiary/aromatic N) is 2. The van der Waals surface area contributed by atoms with Crippen LogP contribution in [0.15, 0.2) is 44.6 Å². The summed E-state index contributed by atoms with van der Waals surface area (Å²) in [4.78, 5) is 12.5. The van der Waals surface area contributed by atoms with Crippen LogP contribution in [0.3, 0.4) is 0 Å². The van der Waals surface area contributed by atoms with E-state index in [2.05, 4.69) is 10.2 Å². The molecule has 3 aromatic rings. The summed E-state index contributed by atoms with van der Waals surface area (Å²) in [6.07, 6.45) is 1.56. The highest BCUT2D eigenvalue weighted by Gasteiger charge is 2.17. The Morgan fingerprint density at radius 1 is 1.20 bits per heavy atom. The minimum atomic E-state index is -0.125. The highest BCUT2D eigenvalue weighted by molar-refractivity contribution is 7.99. The van der Waals surface area contributed by atoms with Crippen molar-refractivity contribution in [3.8, 4) is 23.0 Å². The van der Waals surface area contributed by atoms with Crippen LogP contribution < -0.4 is 9.47 Å². The van der Waals surface area contributed by atoms with Crippen molar-refractivity contribution in [2.45, 2.75) is 12.1 Å². The number of ketones is 1. The molecule has 0 saturated carbocycles. The Balaban J connectivity index is 1.71. The monoisotopic (exact) mass is 360 g/mol. The molecule has 1 aromatic carbocycles. The molecule has 0 aliphatic carbocycles. The summed E-state index contributed by atoms with van der Waals surface area (Å²) >= 11 is 1.16. The molecule has 0 amide bonds. The van der Waals surface area contributed by atoms with Gasteiger partial charge in [0.2, 0.25) is 0 Å². The van der Waals surface area contributed by atoms with Crippen LogP contribution in [-0.2, 0) is 0 Å². The summed E-state index contributed by atoms with van der Waals surface area (Å²) in [6, 6.07) is 6.84. The van der Waals surface area contributed by atoms with E-state index in [0.717, 1.165) is 17.3 Å². The third-order valence-corrected chi connectivity index (χ3v) is 4.35. The Morgan fingerprint density at radius 2 is 2.04 bits per heavy atom. The maximum Gasteiger partial charge on any atom is 0.277 e. The number of aromatic nitrogens is 2. The van der Waals surface area contributed by atoms with Gasteiger partial charge in [0, 0.05) is 0 Å². The number of methoxy groups -OCH3 is 2. The predicted octanol–water partition coefficient (Wildman–Crippen LogP) is 3.63. The molecule has 0 spiro atoms. The first kappa shape index (κ1) is 17.1. The lowest BCUT2D eigenvalue weighted by Crippen LogP contribution is -2.05. The molecule has 0 fully saturated rings. The zero-order valence-corrected chi connectivity index (χ0v) is 14.8. The van der Waals surface area contributed by atoms with Gasteiger partial charge in [0.05, 0.1) is 37.4 Å². The van der Waals surface area contributed by atoms with Crippen LogP contribution in [0.25, 0.3) is 11.5 Å². The van der Waals surface area contributed by atoms with Crippen molar-refractivity contribution in [3.05, 3.63) is 41.9 Å². The molecule has 130 valence electrons. The number of benzene rings is 1. The van der Waals surface area contributed by atoms with Gasteiger partial charge >= 0.3 is 0 Å². The van der Waals surface area contributed by atoms with Crippen LogP contribution in [0.2, 0.25) is 0 Å². The zero-order chi connectivity index (χ0) is 17.8. The van der Waals surface area contributed by atoms with Crippen molar-refractivity contribution in [3.63, 3.8) is 0 Å². The molecular formula is C17H16N2O5S. The van der Waals surface area contributed by atoms with Gasteiger partial charge in [-0.2, -0.15) is 0 Å². The Labute approximate surface area is 148 Å². The van der Waals surface area contributed by atoms with Gasteiger partial charge in [-0.15, -0.1) is 10.2 Å². The number of carbonyl (C=O) groups is 1. The van der Waals surface area contributed by atoms with E-state index < -0.39 is 0 Å². The van der Waals surface area contributed by atoms with Crippen LogP contribution in [0, 0.1) is 6.92 Å². The van der Waals surface area contributed by atoms with Gasteiger partial charge < -0.3 is 18.3 Å². The average Bonchev–Trinajstić information content (AvgIpc) is 3.27. The van der Waals surface area contributed by atoms with Gasteiger partial charge in [-0.1, -0.05) is 11.8 Å². The molecule has 0 aliphatic rings. The minimum Gasteiger partial charge on any atom is -0.497 e. The van der Waals surface area contributed by atoms with Crippen LogP contribution in [0.1, 0.15) is 16.1 Å². The number of ether oxygens (including phenoxy) is 2. The van der Waals surface area contributed by atoms with Crippen LogP contribution in [-0.4, -0.2) is 36.0 Å². The van der Waals surface area contributed by atoms with E-state index in [-0.39, 0.29) is 11.5 Å². The van der Waals surface area contributed by atoms with Crippen LogP contribution in [0.4, 0.5) is 0 Å². The molecule has 8 heteroatoms. The molecule has 0 bridgehead atoms. The smallest absolute Gasteiger partial charge is 0.277 e. The first-order chi connectivity index (χ1) is 12.1. The fraction of sp³-hybridized carbons (Fsp3) is 0.235. The summed E-state index contributed by atoms with van der Waals surface area (Å²) in [5, 5.41) is 8.24. The Kier molecular flexibility index (Phi) is 5.08. The fourth-order valence-electron chi connectivity index (χ4n) is 2.22. The quantitative estimate of drug-likeness (QED) is 0.466. The van der Waals surface area contributed by atoms with Crippen molar-refractivity contribution in [1.29, 1.82) is 0 Å². The second-order valence-corrected chi connectivity index (χ2v) is 5.97. The first-order valence-corrected chi connectivity index (χ1v) is 8.37. The summed E-state index contributed by atoms with van der Waals surface area (Å²) in [7, 11) is 3.06. The molecule has 0 N–H and O–H groups in total. The molecule has 7 nitrogen and oxygen atoms in total. The Morgan fingerprint density at radius 3 is 2.72 bits per heavy atom. The highest BCUT2D eigenvalue weighted by Crippen LogP contribution is 2.29. The number of rotatable bonds is 7. The topological polar surface area (TPSA) is 87.6 Å². The van der Waals surface area contributed by atoms with E-state index in [9.17, 15) is 4.79 Å². The third-order valence-electron chi connectivity index (χ3n) is 3.53. The van der Waals surface area contributed by atoms with E-state index in [1.54, 1.807) is 37.6 Å². The van der Waals surface area contributed by atoms with Gasteiger partial charge in [0.15, 0.2) is 5.78 Å². The Hall–Kier alpha value is -2.74. The summed E-state index contributed by atoms with van der Waals surface area (Å²) in [5.74, 6) is 2.14. The average molecular weight is 360 g/mol. The molecular weight excluding hydrogens is 344 g/mol. The van der Waals surface area contributed by atoms with Gasteiger partial charge in [0.1, 0.15) is 17.3 Å². The molecule has 25 heavy (non-hydrogen) atoms. The summed E-state index contributed by atoms with van der Waals surface area (Å²) in [6.45, 7) is 1.81. The molecule has 2 heterocycles. The van der Waals surface area contributed by atoms with E-state index in [4.69, 9.17) is 18.3 Å². The molecule has 0 radical (unpaired) electrons. The molecule has 0 atom stereocenters. The second-order valence-electron chi connectivity index (χ2n) is 5.04. The lowest BCUT2D eigenvalue weighted by molar-refractivity contribution is 0.101. The number of aryl methyl sites for hydroxylation is 1. The predicted molar refractivity (Wildman–Crippen MR) is 91.3 cm³/mol. The molecule has 0 unspecified atom stereocenters. The third kappa shape index (κ3) is 3.69. The van der Waals surface area contributed by atoms with Gasteiger partial charge in [0.25, 0.3) is 11.1 Å². The first-order valence-electron chi connectivity index (χ1n) is 7.38. The number of hydrogen-bond donors (Lipinski definition) is 0. The van der Waals surface area contributed by atoms with Gasteiger partial charge in [-0.3, -0.25) is 4.79 Å². The number of thioether (sulfide) groups is 1. The fourth-order valence-corrected chi connectivity index (χ4v) is 2.87. The van der Waals surface area contributed by atoms with Crippen LogP contribution >= 0.6 is 11.8 Å². The largest absolute Gasteiger partial charge is 0.497 e. The van der Waals surface area contributed by atoms with Crippen molar-refractivity contribution in [1.82, 2.24) is 10.2 Å². The normalized spacial score (nSPS) is 10.7. The summed E-state index contributed by atoms with van der Waals surface area (Å²) in [5.41, 5.74) is 1.18. The number of furan rings is 1. The van der Waals surface area contributed by atoms with Crippen molar-refractivity contribution >= 4 is 17.5 Å². The van der Waals surface area contributed by atoms with Crippen LogP contribution in [0.5, 0.6) is 11.5 Å². The Bertz CT molecular complexity index is 887. The van der Waals surface area contributed by atoms with Crippen molar-refractivity contribution in [2.24, 2.45) is 0 Å². The number of carbonyl (C=O) groups excluding carboxylic acids is 1. The maximum absolute atomic E-state index is 12.5. The lowest BCUT2D eigenvalue weighted by Gasteiger charge is -2.08.